The van der Waals surface area contributed by atoms with E-state index in [1.165, 1.54) is 5.56 Å². The van der Waals surface area contributed by atoms with Crippen molar-refractivity contribution in [1.29, 1.82) is 0 Å². The summed E-state index contributed by atoms with van der Waals surface area (Å²) in [6.45, 7) is 1.87. The van der Waals surface area contributed by atoms with Crippen LogP contribution in [0.3, 0.4) is 0 Å². The molecule has 0 saturated carbocycles. The number of nitrogens with zero attached hydrogens (tertiary/aromatic N) is 3. The first-order chi connectivity index (χ1) is 10.3. The van der Waals surface area contributed by atoms with E-state index in [1.807, 2.05) is 23.1 Å². The first-order valence-electron chi connectivity index (χ1n) is 7.47. The fraction of sp³-hybridized carbons (Fsp3) is 0.353. The SMILES string of the molecule is O=C(CCc1ccc(-c2ncccn2)cc1)N1CCCC1. The van der Waals surface area contributed by atoms with Crippen molar-refractivity contribution in [2.24, 2.45) is 0 Å². The Morgan fingerprint density at radius 2 is 1.71 bits per heavy atom. The molecular weight excluding hydrogens is 262 g/mol. The number of hydrogen-bond acceptors (Lipinski definition) is 3. The van der Waals surface area contributed by atoms with Gasteiger partial charge >= 0.3 is 0 Å². The Bertz CT molecular complexity index is 589. The minimum atomic E-state index is 0.281. The quantitative estimate of drug-likeness (QED) is 0.865. The Morgan fingerprint density at radius 1 is 1.05 bits per heavy atom. The van der Waals surface area contributed by atoms with E-state index in [0.29, 0.717) is 6.42 Å². The van der Waals surface area contributed by atoms with Gasteiger partial charge in [-0.05, 0) is 30.9 Å². The van der Waals surface area contributed by atoms with Gasteiger partial charge in [0.2, 0.25) is 5.91 Å². The number of aryl methyl sites for hydroxylation is 1. The summed E-state index contributed by atoms with van der Waals surface area (Å²) in [6.07, 6.45) is 7.18. The summed E-state index contributed by atoms with van der Waals surface area (Å²) in [5.41, 5.74) is 2.19. The number of carbonyl (C=O) groups is 1. The smallest absolute Gasteiger partial charge is 0.222 e. The molecule has 4 heteroatoms. The first kappa shape index (κ1) is 13.7. The molecule has 0 N–H and O–H groups in total. The molecule has 0 radical (unpaired) electrons. The number of likely N-dealkylation sites (tertiary alicyclic amines) is 1. The monoisotopic (exact) mass is 281 g/mol. The van der Waals surface area contributed by atoms with Crippen molar-refractivity contribution in [1.82, 2.24) is 14.9 Å². The molecule has 1 aliphatic rings. The molecule has 1 aliphatic heterocycles. The maximum atomic E-state index is 12.0. The van der Waals surface area contributed by atoms with E-state index in [9.17, 15) is 4.79 Å². The van der Waals surface area contributed by atoms with E-state index >= 15 is 0 Å². The van der Waals surface area contributed by atoms with Crippen LogP contribution in [0.2, 0.25) is 0 Å². The third-order valence-corrected chi connectivity index (χ3v) is 3.86. The summed E-state index contributed by atoms with van der Waals surface area (Å²) in [5.74, 6) is 1.01. The fourth-order valence-corrected chi connectivity index (χ4v) is 2.64. The molecule has 4 nitrogen and oxygen atoms in total. The van der Waals surface area contributed by atoms with Gasteiger partial charge in [0.15, 0.2) is 5.82 Å². The van der Waals surface area contributed by atoms with Gasteiger partial charge in [0.05, 0.1) is 0 Å². The van der Waals surface area contributed by atoms with Crippen LogP contribution in [0.15, 0.2) is 42.7 Å². The first-order valence-corrected chi connectivity index (χ1v) is 7.47. The van der Waals surface area contributed by atoms with Crippen LogP contribution < -0.4 is 0 Å². The van der Waals surface area contributed by atoms with E-state index < -0.39 is 0 Å². The maximum absolute atomic E-state index is 12.0. The second-order valence-electron chi connectivity index (χ2n) is 5.36. The average Bonchev–Trinajstić information content (AvgIpc) is 3.08. The lowest BCUT2D eigenvalue weighted by molar-refractivity contribution is -0.130. The number of benzene rings is 1. The Labute approximate surface area is 124 Å². The summed E-state index contributed by atoms with van der Waals surface area (Å²) in [4.78, 5) is 22.5. The van der Waals surface area contributed by atoms with Gasteiger partial charge in [-0.2, -0.15) is 0 Å². The molecule has 3 rings (SSSR count). The third kappa shape index (κ3) is 3.45. The molecule has 0 atom stereocenters. The van der Waals surface area contributed by atoms with Crippen LogP contribution in [-0.2, 0) is 11.2 Å². The van der Waals surface area contributed by atoms with Crippen molar-refractivity contribution in [2.45, 2.75) is 25.7 Å². The lowest BCUT2D eigenvalue weighted by Gasteiger charge is -2.14. The molecule has 0 spiro atoms. The van der Waals surface area contributed by atoms with Crippen LogP contribution >= 0.6 is 0 Å². The average molecular weight is 281 g/mol. The second kappa shape index (κ2) is 6.48. The number of amides is 1. The van der Waals surface area contributed by atoms with Crippen LogP contribution in [0.5, 0.6) is 0 Å². The predicted octanol–water partition coefficient (Wildman–Crippen LogP) is 2.70. The largest absolute Gasteiger partial charge is 0.343 e. The van der Waals surface area contributed by atoms with Crippen LogP contribution in [0.1, 0.15) is 24.8 Å². The molecule has 1 aromatic heterocycles. The minimum Gasteiger partial charge on any atom is -0.343 e. The molecule has 21 heavy (non-hydrogen) atoms. The third-order valence-electron chi connectivity index (χ3n) is 3.86. The van der Waals surface area contributed by atoms with Crippen LogP contribution in [0.25, 0.3) is 11.4 Å². The molecule has 2 aromatic rings. The molecule has 2 heterocycles. The fourth-order valence-electron chi connectivity index (χ4n) is 2.64. The van der Waals surface area contributed by atoms with Gasteiger partial charge in [0.25, 0.3) is 0 Å². The van der Waals surface area contributed by atoms with Crippen LogP contribution in [-0.4, -0.2) is 33.9 Å². The summed E-state index contributed by atoms with van der Waals surface area (Å²) in [6, 6.07) is 9.96. The lowest BCUT2D eigenvalue weighted by atomic mass is 10.1. The molecular formula is C17H19N3O. The van der Waals surface area contributed by atoms with Crippen molar-refractivity contribution in [3.63, 3.8) is 0 Å². The Morgan fingerprint density at radius 3 is 2.38 bits per heavy atom. The van der Waals surface area contributed by atoms with Crippen molar-refractivity contribution in [2.75, 3.05) is 13.1 Å². The minimum absolute atomic E-state index is 0.281. The standard InChI is InChI=1S/C17H19N3O/c21-16(20-12-1-2-13-20)9-6-14-4-7-15(8-5-14)17-18-10-3-11-19-17/h3-5,7-8,10-11H,1-2,6,9,12-13H2. The lowest BCUT2D eigenvalue weighted by Crippen LogP contribution is -2.27. The zero-order valence-electron chi connectivity index (χ0n) is 12.0. The summed E-state index contributed by atoms with van der Waals surface area (Å²) in [7, 11) is 0. The molecule has 0 aliphatic carbocycles. The Hall–Kier alpha value is -2.23. The number of rotatable bonds is 4. The van der Waals surface area contributed by atoms with Crippen LogP contribution in [0.4, 0.5) is 0 Å². The highest BCUT2D eigenvalue weighted by Crippen LogP contribution is 2.16. The number of hydrogen-bond donors (Lipinski definition) is 0. The highest BCUT2D eigenvalue weighted by molar-refractivity contribution is 5.76. The molecule has 0 unspecified atom stereocenters. The van der Waals surface area contributed by atoms with Gasteiger partial charge in [-0.25, -0.2) is 9.97 Å². The summed E-state index contributed by atoms with van der Waals surface area (Å²) in [5, 5.41) is 0. The molecule has 1 amide bonds. The zero-order chi connectivity index (χ0) is 14.5. The van der Waals surface area contributed by atoms with E-state index in [0.717, 1.165) is 43.7 Å². The summed E-state index contributed by atoms with van der Waals surface area (Å²) < 4.78 is 0. The molecule has 0 bridgehead atoms. The van der Waals surface area contributed by atoms with Crippen LogP contribution in [0, 0.1) is 0 Å². The highest BCUT2D eigenvalue weighted by Gasteiger charge is 2.17. The van der Waals surface area contributed by atoms with E-state index in [1.54, 1.807) is 12.4 Å². The van der Waals surface area contributed by atoms with E-state index in [-0.39, 0.29) is 5.91 Å². The molecule has 1 aromatic carbocycles. The van der Waals surface area contributed by atoms with Gasteiger partial charge in [0, 0.05) is 37.5 Å². The topological polar surface area (TPSA) is 46.1 Å². The van der Waals surface area contributed by atoms with E-state index in [4.69, 9.17) is 0 Å². The van der Waals surface area contributed by atoms with Gasteiger partial charge in [-0.1, -0.05) is 24.3 Å². The van der Waals surface area contributed by atoms with Gasteiger partial charge < -0.3 is 4.90 Å². The Balaban J connectivity index is 1.58. The Kier molecular flexibility index (Phi) is 4.24. The van der Waals surface area contributed by atoms with Crippen molar-refractivity contribution < 1.29 is 4.79 Å². The van der Waals surface area contributed by atoms with Crippen molar-refractivity contribution in [3.8, 4) is 11.4 Å². The number of carbonyl (C=O) groups excluding carboxylic acids is 1. The molecule has 108 valence electrons. The second-order valence-corrected chi connectivity index (χ2v) is 5.36. The molecule has 1 fully saturated rings. The van der Waals surface area contributed by atoms with E-state index in [2.05, 4.69) is 22.1 Å². The van der Waals surface area contributed by atoms with Gasteiger partial charge in [0.1, 0.15) is 0 Å². The normalized spacial score (nSPS) is 14.4. The highest BCUT2D eigenvalue weighted by atomic mass is 16.2. The zero-order valence-corrected chi connectivity index (χ0v) is 12.0. The predicted molar refractivity (Wildman–Crippen MR) is 81.6 cm³/mol. The van der Waals surface area contributed by atoms with Gasteiger partial charge in [-0.3, -0.25) is 4.79 Å². The number of aromatic nitrogens is 2. The van der Waals surface area contributed by atoms with Crippen molar-refractivity contribution in [3.05, 3.63) is 48.3 Å². The summed E-state index contributed by atoms with van der Waals surface area (Å²) >= 11 is 0. The molecule has 1 saturated heterocycles. The van der Waals surface area contributed by atoms with Gasteiger partial charge in [-0.15, -0.1) is 0 Å². The maximum Gasteiger partial charge on any atom is 0.222 e. The van der Waals surface area contributed by atoms with Crippen molar-refractivity contribution >= 4 is 5.91 Å².